The largest absolute Gasteiger partial charge is 0.412 e. The number of hydrogen-bond acceptors (Lipinski definition) is 3. The normalized spacial score (nSPS) is 10.4. The quantitative estimate of drug-likeness (QED) is 0.776. The number of carbonyl (C=O) groups is 1. The molecule has 0 aliphatic heterocycles. The Labute approximate surface area is 115 Å². The zero-order chi connectivity index (χ0) is 13.9. The van der Waals surface area contributed by atoms with Crippen LogP contribution in [0.15, 0.2) is 54.9 Å². The molecule has 0 saturated heterocycles. The number of amides is 1. The second kappa shape index (κ2) is 5.05. The Morgan fingerprint density at radius 2 is 2.15 bits per heavy atom. The molecule has 0 aliphatic rings. The van der Waals surface area contributed by atoms with Crippen molar-refractivity contribution in [3.63, 3.8) is 0 Å². The minimum atomic E-state index is -0.489. The van der Waals surface area contributed by atoms with E-state index in [0.717, 1.165) is 16.9 Å². The van der Waals surface area contributed by atoms with E-state index in [9.17, 15) is 4.79 Å². The maximum atomic E-state index is 11.2. The smallest absolute Gasteiger partial charge is 0.410 e. The first-order valence-corrected chi connectivity index (χ1v) is 6.20. The molecule has 5 nitrogen and oxygen atoms in total. The Bertz CT molecular complexity index is 731. The van der Waals surface area contributed by atoms with E-state index in [2.05, 4.69) is 10.3 Å². The van der Waals surface area contributed by atoms with E-state index in [-0.39, 0.29) is 0 Å². The van der Waals surface area contributed by atoms with Crippen LogP contribution in [0.4, 0.5) is 4.79 Å². The lowest BCUT2D eigenvalue weighted by atomic mass is 10.1. The minimum Gasteiger partial charge on any atom is -0.410 e. The molecular formula is C15H13N3O2. The molecule has 2 heterocycles. The van der Waals surface area contributed by atoms with Crippen LogP contribution in [-0.2, 0) is 0 Å². The third-order valence-electron chi connectivity index (χ3n) is 2.91. The van der Waals surface area contributed by atoms with Gasteiger partial charge in [-0.2, -0.15) is 0 Å². The highest BCUT2D eigenvalue weighted by molar-refractivity contribution is 5.71. The van der Waals surface area contributed by atoms with Crippen molar-refractivity contribution in [1.29, 1.82) is 0 Å². The van der Waals surface area contributed by atoms with Gasteiger partial charge in [0.2, 0.25) is 0 Å². The van der Waals surface area contributed by atoms with E-state index < -0.39 is 6.09 Å². The second-order valence-corrected chi connectivity index (χ2v) is 4.26. The van der Waals surface area contributed by atoms with Gasteiger partial charge < -0.3 is 14.5 Å². The number of imidazole rings is 1. The first-order valence-electron chi connectivity index (χ1n) is 6.20. The van der Waals surface area contributed by atoms with Crippen LogP contribution in [0.2, 0.25) is 0 Å². The Hall–Kier alpha value is -2.82. The molecule has 1 amide bonds. The molecule has 3 aromatic rings. The van der Waals surface area contributed by atoms with Crippen molar-refractivity contribution in [3.8, 4) is 17.0 Å². The number of benzene rings is 1. The summed E-state index contributed by atoms with van der Waals surface area (Å²) in [5.41, 5.74) is 2.61. The zero-order valence-corrected chi connectivity index (χ0v) is 10.9. The summed E-state index contributed by atoms with van der Waals surface area (Å²) in [6, 6.07) is 13.1. The van der Waals surface area contributed by atoms with Gasteiger partial charge in [-0.3, -0.25) is 0 Å². The zero-order valence-electron chi connectivity index (χ0n) is 10.9. The molecule has 0 aliphatic carbocycles. The monoisotopic (exact) mass is 267 g/mol. The first-order chi connectivity index (χ1) is 9.76. The van der Waals surface area contributed by atoms with E-state index in [1.807, 2.05) is 47.1 Å². The van der Waals surface area contributed by atoms with Gasteiger partial charge in [0, 0.05) is 25.0 Å². The lowest BCUT2D eigenvalue weighted by Gasteiger charge is -2.04. The van der Waals surface area contributed by atoms with Gasteiger partial charge in [0.05, 0.1) is 5.69 Å². The first kappa shape index (κ1) is 12.2. The SMILES string of the molecule is CNC(=O)Oc1cccc(-c2cn3ccccc3n2)c1. The summed E-state index contributed by atoms with van der Waals surface area (Å²) in [5.74, 6) is 0.485. The standard InChI is InChI=1S/C15H13N3O2/c1-16-15(19)20-12-6-4-5-11(9-12)13-10-18-8-3-2-7-14(18)17-13/h2-10H,1H3,(H,16,19). The molecule has 2 aromatic heterocycles. The maximum absolute atomic E-state index is 11.2. The van der Waals surface area contributed by atoms with E-state index in [1.54, 1.807) is 12.1 Å². The summed E-state index contributed by atoms with van der Waals surface area (Å²) in [5, 5.41) is 2.41. The Morgan fingerprint density at radius 3 is 2.95 bits per heavy atom. The van der Waals surface area contributed by atoms with Crippen molar-refractivity contribution in [3.05, 3.63) is 54.9 Å². The number of nitrogens with zero attached hydrogens (tertiary/aromatic N) is 2. The summed E-state index contributed by atoms with van der Waals surface area (Å²) in [6.45, 7) is 0. The lowest BCUT2D eigenvalue weighted by Crippen LogP contribution is -2.21. The van der Waals surface area contributed by atoms with E-state index in [0.29, 0.717) is 5.75 Å². The van der Waals surface area contributed by atoms with Crippen molar-refractivity contribution in [2.45, 2.75) is 0 Å². The number of ether oxygens (including phenoxy) is 1. The van der Waals surface area contributed by atoms with Crippen LogP contribution in [0.25, 0.3) is 16.9 Å². The van der Waals surface area contributed by atoms with Gasteiger partial charge in [-0.15, -0.1) is 0 Å². The molecule has 100 valence electrons. The number of rotatable bonds is 2. The molecule has 1 N–H and O–H groups in total. The molecular weight excluding hydrogens is 254 g/mol. The van der Waals surface area contributed by atoms with Crippen molar-refractivity contribution >= 4 is 11.7 Å². The van der Waals surface area contributed by atoms with E-state index >= 15 is 0 Å². The van der Waals surface area contributed by atoms with Gasteiger partial charge in [-0.05, 0) is 24.3 Å². The van der Waals surface area contributed by atoms with Gasteiger partial charge in [0.15, 0.2) is 0 Å². The lowest BCUT2D eigenvalue weighted by molar-refractivity contribution is 0.203. The molecule has 3 rings (SSSR count). The highest BCUT2D eigenvalue weighted by Gasteiger charge is 2.07. The Kier molecular flexibility index (Phi) is 3.09. The number of aromatic nitrogens is 2. The third-order valence-corrected chi connectivity index (χ3v) is 2.91. The molecule has 0 atom stereocenters. The Balaban J connectivity index is 1.97. The van der Waals surface area contributed by atoms with Crippen LogP contribution in [0.1, 0.15) is 0 Å². The van der Waals surface area contributed by atoms with E-state index in [1.165, 1.54) is 7.05 Å². The molecule has 20 heavy (non-hydrogen) atoms. The number of carbonyl (C=O) groups excluding carboxylic acids is 1. The second-order valence-electron chi connectivity index (χ2n) is 4.26. The molecule has 0 bridgehead atoms. The van der Waals surface area contributed by atoms with Crippen LogP contribution in [0.3, 0.4) is 0 Å². The number of hydrogen-bond donors (Lipinski definition) is 1. The Morgan fingerprint density at radius 1 is 1.25 bits per heavy atom. The molecule has 0 spiro atoms. The van der Waals surface area contributed by atoms with Crippen molar-refractivity contribution in [2.75, 3.05) is 7.05 Å². The number of nitrogens with one attached hydrogen (secondary N) is 1. The predicted octanol–water partition coefficient (Wildman–Crippen LogP) is 2.72. The van der Waals surface area contributed by atoms with Crippen molar-refractivity contribution in [2.24, 2.45) is 0 Å². The van der Waals surface area contributed by atoms with Crippen molar-refractivity contribution < 1.29 is 9.53 Å². The molecule has 1 aromatic carbocycles. The highest BCUT2D eigenvalue weighted by atomic mass is 16.5. The topological polar surface area (TPSA) is 55.6 Å². The number of pyridine rings is 1. The van der Waals surface area contributed by atoms with Crippen LogP contribution in [0.5, 0.6) is 5.75 Å². The summed E-state index contributed by atoms with van der Waals surface area (Å²) in [7, 11) is 1.52. The van der Waals surface area contributed by atoms with Gasteiger partial charge in [0.1, 0.15) is 11.4 Å². The summed E-state index contributed by atoms with van der Waals surface area (Å²) in [4.78, 5) is 15.7. The average molecular weight is 267 g/mol. The minimum absolute atomic E-state index is 0.485. The summed E-state index contributed by atoms with van der Waals surface area (Å²) in [6.07, 6.45) is 3.39. The van der Waals surface area contributed by atoms with Gasteiger partial charge in [-0.25, -0.2) is 9.78 Å². The fourth-order valence-electron chi connectivity index (χ4n) is 1.95. The summed E-state index contributed by atoms with van der Waals surface area (Å²) < 4.78 is 7.06. The maximum Gasteiger partial charge on any atom is 0.412 e. The van der Waals surface area contributed by atoms with Gasteiger partial charge >= 0.3 is 6.09 Å². The van der Waals surface area contributed by atoms with Crippen molar-refractivity contribution in [1.82, 2.24) is 14.7 Å². The third kappa shape index (κ3) is 2.33. The fourth-order valence-corrected chi connectivity index (χ4v) is 1.95. The molecule has 0 radical (unpaired) electrons. The molecule has 0 fully saturated rings. The predicted molar refractivity (Wildman–Crippen MR) is 75.7 cm³/mol. The average Bonchev–Trinajstić information content (AvgIpc) is 2.91. The van der Waals surface area contributed by atoms with E-state index in [4.69, 9.17) is 4.74 Å². The van der Waals surface area contributed by atoms with Gasteiger partial charge in [-0.1, -0.05) is 18.2 Å². The molecule has 5 heteroatoms. The molecule has 0 saturated carbocycles. The van der Waals surface area contributed by atoms with Crippen LogP contribution in [0, 0.1) is 0 Å². The molecule has 0 unspecified atom stereocenters. The number of fused-ring (bicyclic) bond motifs is 1. The summed E-state index contributed by atoms with van der Waals surface area (Å²) >= 11 is 0. The van der Waals surface area contributed by atoms with Crippen LogP contribution >= 0.6 is 0 Å². The van der Waals surface area contributed by atoms with Crippen LogP contribution < -0.4 is 10.1 Å². The fraction of sp³-hybridized carbons (Fsp3) is 0.0667. The highest BCUT2D eigenvalue weighted by Crippen LogP contribution is 2.23. The van der Waals surface area contributed by atoms with Crippen LogP contribution in [-0.4, -0.2) is 22.5 Å². The van der Waals surface area contributed by atoms with Gasteiger partial charge in [0.25, 0.3) is 0 Å².